The molecular formula is C22H6N6S3. The predicted octanol–water partition coefficient (Wildman–Crippen LogP) is 6.56. The standard InChI is InChI=1S/C22H6N6S3/c1-27-21(13(9-23)10-24)19-7-5-17(30-19)15-3-4-16(29-15)18-6-8-20(31-18)22(28-2)14(11-25)12-26/h3-8H. The summed E-state index contributed by atoms with van der Waals surface area (Å²) >= 11 is 4.18. The van der Waals surface area contributed by atoms with Crippen molar-refractivity contribution < 1.29 is 0 Å². The molecule has 0 radical (unpaired) electrons. The number of hydrogen-bond acceptors (Lipinski definition) is 7. The van der Waals surface area contributed by atoms with Crippen molar-refractivity contribution in [3.63, 3.8) is 0 Å². The van der Waals surface area contributed by atoms with Gasteiger partial charge in [-0.2, -0.15) is 21.0 Å². The van der Waals surface area contributed by atoms with Gasteiger partial charge in [0.15, 0.2) is 0 Å². The third-order valence-electron chi connectivity index (χ3n) is 3.91. The Morgan fingerprint density at radius 3 is 1.23 bits per heavy atom. The van der Waals surface area contributed by atoms with Gasteiger partial charge in [0.25, 0.3) is 0 Å². The van der Waals surface area contributed by atoms with E-state index >= 15 is 0 Å². The van der Waals surface area contributed by atoms with E-state index in [0.29, 0.717) is 9.75 Å². The molecule has 0 atom stereocenters. The molecule has 3 heterocycles. The highest BCUT2D eigenvalue weighted by molar-refractivity contribution is 7.26. The molecule has 31 heavy (non-hydrogen) atoms. The molecular weight excluding hydrogens is 444 g/mol. The summed E-state index contributed by atoms with van der Waals surface area (Å²) in [5, 5.41) is 36.2. The minimum atomic E-state index is -0.209. The Morgan fingerprint density at radius 2 is 0.903 bits per heavy atom. The smallest absolute Gasteiger partial charge is 0.231 e. The van der Waals surface area contributed by atoms with E-state index in [1.54, 1.807) is 36.4 Å². The molecule has 3 rings (SSSR count). The largest absolute Gasteiger partial charge is 0.234 e. The Labute approximate surface area is 190 Å². The van der Waals surface area contributed by atoms with Gasteiger partial charge in [0.2, 0.25) is 11.4 Å². The van der Waals surface area contributed by atoms with Crippen LogP contribution >= 0.6 is 34.0 Å². The maximum atomic E-state index is 9.04. The fourth-order valence-corrected chi connectivity index (χ4v) is 5.72. The van der Waals surface area contributed by atoms with Crippen LogP contribution in [-0.2, 0) is 0 Å². The molecule has 0 fully saturated rings. The Morgan fingerprint density at radius 1 is 0.581 bits per heavy atom. The summed E-state index contributed by atoms with van der Waals surface area (Å²) in [5.74, 6) is 0. The van der Waals surface area contributed by atoms with Crippen LogP contribution in [-0.4, -0.2) is 0 Å². The van der Waals surface area contributed by atoms with Gasteiger partial charge in [-0.25, -0.2) is 9.69 Å². The molecule has 0 spiro atoms. The Hall–Kier alpha value is -4.48. The van der Waals surface area contributed by atoms with Crippen molar-refractivity contribution in [1.29, 1.82) is 21.0 Å². The maximum Gasteiger partial charge on any atom is 0.231 e. The summed E-state index contributed by atoms with van der Waals surface area (Å²) in [6.45, 7) is 14.6. The first-order valence-electron chi connectivity index (χ1n) is 8.25. The average molecular weight is 451 g/mol. The minimum absolute atomic E-state index is 0.0465. The summed E-state index contributed by atoms with van der Waals surface area (Å²) in [7, 11) is 0. The van der Waals surface area contributed by atoms with Crippen LogP contribution < -0.4 is 0 Å². The first-order valence-corrected chi connectivity index (χ1v) is 10.7. The van der Waals surface area contributed by atoms with E-state index in [1.807, 2.05) is 24.3 Å². The second kappa shape index (κ2) is 9.35. The van der Waals surface area contributed by atoms with Gasteiger partial charge >= 0.3 is 0 Å². The number of hydrogen-bond donors (Lipinski definition) is 0. The van der Waals surface area contributed by atoms with Crippen molar-refractivity contribution in [3.05, 3.63) is 80.1 Å². The first kappa shape index (κ1) is 21.2. The van der Waals surface area contributed by atoms with Crippen molar-refractivity contribution in [2.45, 2.75) is 0 Å². The van der Waals surface area contributed by atoms with Crippen LogP contribution in [0, 0.1) is 58.5 Å². The third kappa shape index (κ3) is 4.12. The zero-order chi connectivity index (χ0) is 22.4. The zero-order valence-corrected chi connectivity index (χ0v) is 17.8. The number of nitriles is 4. The molecule has 142 valence electrons. The highest BCUT2D eigenvalue weighted by Crippen LogP contribution is 2.42. The SMILES string of the molecule is [C-]#[N+]C(=C(C#N)C#N)c1ccc(-c2ccc(-c3ccc(C([N+]#[C-])=C(C#N)C#N)s3)s2)s1. The van der Waals surface area contributed by atoms with Gasteiger partial charge in [-0.3, -0.25) is 0 Å². The monoisotopic (exact) mass is 450 g/mol. The summed E-state index contributed by atoms with van der Waals surface area (Å²) in [6.07, 6.45) is 0. The second-order valence-corrected chi connectivity index (χ2v) is 8.86. The summed E-state index contributed by atoms with van der Waals surface area (Å²) in [6, 6.07) is 18.1. The van der Waals surface area contributed by atoms with Crippen molar-refractivity contribution in [1.82, 2.24) is 0 Å². The molecule has 0 aromatic carbocycles. The zero-order valence-electron chi connectivity index (χ0n) is 15.4. The van der Waals surface area contributed by atoms with Crippen LogP contribution in [0.4, 0.5) is 0 Å². The molecule has 9 heteroatoms. The number of rotatable bonds is 4. The molecule has 0 saturated heterocycles. The van der Waals surface area contributed by atoms with Gasteiger partial charge in [0.1, 0.15) is 11.1 Å². The second-order valence-electron chi connectivity index (χ2n) is 5.61. The third-order valence-corrected chi connectivity index (χ3v) is 7.58. The maximum absolute atomic E-state index is 9.04. The molecule has 0 saturated carbocycles. The highest BCUT2D eigenvalue weighted by atomic mass is 32.1. The molecule has 0 aliphatic heterocycles. The van der Waals surface area contributed by atoms with E-state index < -0.39 is 0 Å². The van der Waals surface area contributed by atoms with Gasteiger partial charge in [-0.1, -0.05) is 12.1 Å². The molecule has 0 aliphatic carbocycles. The molecule has 3 aromatic heterocycles. The van der Waals surface area contributed by atoms with Gasteiger partial charge in [0.05, 0.1) is 37.4 Å². The number of nitrogens with zero attached hydrogens (tertiary/aromatic N) is 6. The normalized spacial score (nSPS) is 9.10. The predicted molar refractivity (Wildman–Crippen MR) is 120 cm³/mol. The van der Waals surface area contributed by atoms with E-state index in [9.17, 15) is 0 Å². The molecule has 0 amide bonds. The van der Waals surface area contributed by atoms with Crippen molar-refractivity contribution in [2.75, 3.05) is 0 Å². The number of thiophene rings is 3. The molecule has 0 bridgehead atoms. The first-order chi connectivity index (χ1) is 15.1. The van der Waals surface area contributed by atoms with E-state index in [4.69, 9.17) is 34.2 Å². The van der Waals surface area contributed by atoms with Crippen molar-refractivity contribution in [3.8, 4) is 43.8 Å². The molecule has 0 N–H and O–H groups in total. The van der Waals surface area contributed by atoms with Crippen molar-refractivity contribution in [2.24, 2.45) is 0 Å². The summed E-state index contributed by atoms with van der Waals surface area (Å²) in [4.78, 5) is 11.5. The lowest BCUT2D eigenvalue weighted by Crippen LogP contribution is -1.79. The fraction of sp³-hybridized carbons (Fsp3) is 0. The molecule has 0 aliphatic rings. The van der Waals surface area contributed by atoms with Crippen LogP contribution in [0.2, 0.25) is 0 Å². The summed E-state index contributed by atoms with van der Waals surface area (Å²) in [5.41, 5.74) is -0.325. The average Bonchev–Trinajstić information content (AvgIpc) is 3.55. The Balaban J connectivity index is 1.96. The van der Waals surface area contributed by atoms with Crippen LogP contribution in [0.15, 0.2) is 47.5 Å². The van der Waals surface area contributed by atoms with E-state index in [2.05, 4.69) is 9.69 Å². The molecule has 0 unspecified atom stereocenters. The lowest BCUT2D eigenvalue weighted by atomic mass is 10.2. The van der Waals surface area contributed by atoms with E-state index in [0.717, 1.165) is 19.5 Å². The molecule has 3 aromatic rings. The van der Waals surface area contributed by atoms with Gasteiger partial charge in [-0.15, -0.1) is 34.0 Å². The lowest BCUT2D eigenvalue weighted by Gasteiger charge is -1.94. The van der Waals surface area contributed by atoms with Crippen LogP contribution in [0.5, 0.6) is 0 Å². The van der Waals surface area contributed by atoms with Gasteiger partial charge in [-0.05, 0) is 24.3 Å². The van der Waals surface area contributed by atoms with Gasteiger partial charge < -0.3 is 0 Å². The Kier molecular flexibility index (Phi) is 6.40. The van der Waals surface area contributed by atoms with Crippen LogP contribution in [0.3, 0.4) is 0 Å². The number of allylic oxidation sites excluding steroid dienone is 2. The lowest BCUT2D eigenvalue weighted by molar-refractivity contribution is 1.46. The Bertz CT molecular complexity index is 1360. The minimum Gasteiger partial charge on any atom is -0.234 e. The van der Waals surface area contributed by atoms with E-state index in [-0.39, 0.29) is 22.5 Å². The van der Waals surface area contributed by atoms with E-state index in [1.165, 1.54) is 34.0 Å². The van der Waals surface area contributed by atoms with Crippen LogP contribution in [0.1, 0.15) is 9.75 Å². The van der Waals surface area contributed by atoms with Gasteiger partial charge in [0, 0.05) is 29.3 Å². The molecule has 6 nitrogen and oxygen atoms in total. The van der Waals surface area contributed by atoms with Crippen molar-refractivity contribution >= 4 is 45.4 Å². The summed E-state index contributed by atoms with van der Waals surface area (Å²) < 4.78 is 0. The quantitative estimate of drug-likeness (QED) is 0.331. The fourth-order valence-electron chi connectivity index (χ4n) is 2.53. The van der Waals surface area contributed by atoms with Crippen LogP contribution in [0.25, 0.3) is 40.6 Å². The highest BCUT2D eigenvalue weighted by Gasteiger charge is 2.16. The topological polar surface area (TPSA) is 104 Å².